The van der Waals surface area contributed by atoms with Crippen LogP contribution in [0.3, 0.4) is 0 Å². The summed E-state index contributed by atoms with van der Waals surface area (Å²) in [6.07, 6.45) is 0. The van der Waals surface area contributed by atoms with Gasteiger partial charge in [0.05, 0.1) is 22.1 Å². The average Bonchev–Trinajstić information content (AvgIpc) is 0.969. The van der Waals surface area contributed by atoms with E-state index >= 15 is 0 Å². The predicted molar refractivity (Wildman–Crippen MR) is 451 cm³/mol. The summed E-state index contributed by atoms with van der Waals surface area (Å²) in [6, 6.07) is 108. The second kappa shape index (κ2) is 27.7. The van der Waals surface area contributed by atoms with Crippen LogP contribution in [0.15, 0.2) is 297 Å². The van der Waals surface area contributed by atoms with E-state index in [1.807, 2.05) is 0 Å². The van der Waals surface area contributed by atoms with E-state index in [-0.39, 0.29) is 27.1 Å². The van der Waals surface area contributed by atoms with Crippen LogP contribution in [0.4, 0.5) is 0 Å². The quantitative estimate of drug-likeness (QED) is 0.121. The van der Waals surface area contributed by atoms with Gasteiger partial charge in [0, 0.05) is 32.9 Å². The summed E-state index contributed by atoms with van der Waals surface area (Å²) >= 11 is 0.984. The van der Waals surface area contributed by atoms with Gasteiger partial charge >= 0.3 is 216 Å². The van der Waals surface area contributed by atoms with Gasteiger partial charge in [-0.1, -0.05) is 220 Å². The van der Waals surface area contributed by atoms with Crippen LogP contribution >= 0.6 is 0 Å². The molecule has 0 spiro atoms. The molecule has 0 fully saturated rings. The zero-order valence-electron chi connectivity index (χ0n) is 62.0. The molecule has 4 heteroatoms. The fourth-order valence-electron chi connectivity index (χ4n) is 14.5. The van der Waals surface area contributed by atoms with E-state index in [2.05, 4.69) is 410 Å². The number of fused-ring (bicyclic) bond motifs is 18. The van der Waals surface area contributed by atoms with Gasteiger partial charge < -0.3 is 9.13 Å². The Bertz CT molecular complexity index is 5930. The zero-order valence-corrected chi connectivity index (χ0v) is 65.4. The summed E-state index contributed by atoms with van der Waals surface area (Å²) in [7, 11) is 0. The summed E-state index contributed by atoms with van der Waals surface area (Å²) in [4.78, 5) is 0. The van der Waals surface area contributed by atoms with Gasteiger partial charge in [0.15, 0.2) is 0 Å². The first-order valence-corrected chi connectivity index (χ1v) is 39.6. The molecule has 4 aromatic heterocycles. The number of para-hydroxylation sites is 4. The number of hydrogen-bond donors (Lipinski definition) is 0. The van der Waals surface area contributed by atoms with Crippen molar-refractivity contribution < 1.29 is 0 Å². The summed E-state index contributed by atoms with van der Waals surface area (Å²) in [5, 5.41) is 19.2. The second-order valence-corrected chi connectivity index (χ2v) is 37.0. The molecule has 0 aliphatic heterocycles. The molecule has 0 atom stereocenters. The molecule has 0 saturated carbocycles. The zero-order chi connectivity index (χ0) is 71.5. The minimum absolute atomic E-state index is 0.148. The molecule has 2 nitrogen and oxygen atoms in total. The topological polar surface area (TPSA) is 9.86 Å². The van der Waals surface area contributed by atoms with Crippen molar-refractivity contribution in [2.75, 3.05) is 0 Å². The maximum atomic E-state index is 2.39. The first-order chi connectivity index (χ1) is 48.8. The Morgan fingerprint density at radius 3 is 0.980 bits per heavy atom. The summed E-state index contributed by atoms with van der Waals surface area (Å²) in [6.45, 7) is 34.1. The molecule has 0 aliphatic rings. The minimum atomic E-state index is 0.148. The molecule has 508 valence electrons. The number of nitrogens with zero attached hydrogens (tertiary/aromatic N) is 2. The van der Waals surface area contributed by atoms with Crippen LogP contribution in [0, 0.1) is 0 Å². The van der Waals surface area contributed by atoms with Crippen molar-refractivity contribution in [1.29, 1.82) is 0 Å². The molecule has 0 aliphatic carbocycles. The second-order valence-electron chi connectivity index (χ2n) is 32.5. The SMILES string of the molecule is CC(C)(C)c1ccc(-n2c3ccccc3c3ccccc32)cc1.CC(C)(C)c1ccc2[se]c3ccccc3c2c1.CC(C)(C)c1ccc2c3ccccc3c3ccccc3c2c1.CC(C)(C)c1cccc(-n2c3ccccc3c3ccccc32)c1.CC(C)(C)c1cccc2c1[se]c1ccccc12. The predicted octanol–water partition coefficient (Wildman–Crippen LogP) is 27.3. The summed E-state index contributed by atoms with van der Waals surface area (Å²) in [5.74, 6) is 0. The van der Waals surface area contributed by atoms with Crippen LogP contribution in [0.1, 0.15) is 132 Å². The van der Waals surface area contributed by atoms with E-state index in [0.717, 1.165) is 0 Å². The molecule has 0 saturated heterocycles. The van der Waals surface area contributed by atoms with Gasteiger partial charge in [0.2, 0.25) is 0 Å². The first-order valence-electron chi connectivity index (χ1n) is 36.1. The van der Waals surface area contributed by atoms with E-state index in [0.29, 0.717) is 29.0 Å². The molecule has 0 unspecified atom stereocenters. The van der Waals surface area contributed by atoms with Crippen molar-refractivity contribution in [2.45, 2.75) is 131 Å². The van der Waals surface area contributed by atoms with E-state index in [9.17, 15) is 0 Å². The van der Waals surface area contributed by atoms with E-state index < -0.39 is 0 Å². The van der Waals surface area contributed by atoms with E-state index in [1.54, 1.807) is 4.26 Å². The maximum absolute atomic E-state index is 2.39. The van der Waals surface area contributed by atoms with Crippen LogP contribution < -0.4 is 0 Å². The number of rotatable bonds is 2. The Labute approximate surface area is 615 Å². The molecular formula is C98H94N2Se2. The van der Waals surface area contributed by atoms with Gasteiger partial charge in [-0.2, -0.15) is 0 Å². The van der Waals surface area contributed by atoms with Gasteiger partial charge in [-0.25, -0.2) is 0 Å². The fraction of sp³-hybridized carbons (Fsp3) is 0.204. The molecule has 14 aromatic carbocycles. The molecule has 0 bridgehead atoms. The molecule has 4 heterocycles. The van der Waals surface area contributed by atoms with Gasteiger partial charge in [0.25, 0.3) is 0 Å². The molecule has 18 rings (SSSR count). The van der Waals surface area contributed by atoms with Crippen molar-refractivity contribution in [3.05, 3.63) is 325 Å². The van der Waals surface area contributed by atoms with Gasteiger partial charge in [-0.3, -0.25) is 0 Å². The van der Waals surface area contributed by atoms with Crippen LogP contribution in [0.25, 0.3) is 126 Å². The number of aromatic nitrogens is 2. The Kier molecular flexibility index (Phi) is 18.9. The van der Waals surface area contributed by atoms with Crippen LogP contribution in [0.5, 0.6) is 0 Å². The Morgan fingerprint density at radius 2 is 0.520 bits per heavy atom. The third kappa shape index (κ3) is 13.9. The van der Waals surface area contributed by atoms with Crippen LogP contribution in [-0.4, -0.2) is 38.1 Å². The molecule has 0 N–H and O–H groups in total. The Hall–Kier alpha value is -9.50. The van der Waals surface area contributed by atoms with Crippen LogP contribution in [0.2, 0.25) is 0 Å². The van der Waals surface area contributed by atoms with E-state index in [4.69, 9.17) is 0 Å². The average molecular weight is 1460 g/mol. The number of hydrogen-bond acceptors (Lipinski definition) is 0. The monoisotopic (exact) mass is 1460 g/mol. The molecular weight excluding hydrogens is 1360 g/mol. The molecule has 18 aromatic rings. The Morgan fingerprint density at radius 1 is 0.196 bits per heavy atom. The standard InChI is InChI=1S/2C22H21N.C22H20.2C16H16Se/c1-22(2,3)16-9-8-10-17(15-16)23-20-13-6-4-11-18(20)19-12-5-7-14-21(19)23;1-22(2,3)16-12-14-17(15-13-16)23-20-10-6-4-8-18(20)19-9-5-7-11-21(19)23;1-22(2,3)15-12-13-20-18-10-5-4-8-16(18)17-9-6-7-11-19(17)21(20)14-15;1-16(2,3)13-9-6-8-12-11-7-4-5-10-14(11)17-15(12)13;1-16(2,3)11-8-9-15-13(10-11)12-6-4-5-7-14(12)17-15/h2*4-15H,1-3H3;4-14H,1-3H3;2*4-10H,1-3H3. The fourth-order valence-corrected chi connectivity index (χ4v) is 19.8. The van der Waals surface area contributed by atoms with Gasteiger partial charge in [-0.15, -0.1) is 0 Å². The van der Waals surface area contributed by atoms with Crippen LogP contribution in [-0.2, 0) is 27.1 Å². The van der Waals surface area contributed by atoms with E-state index in [1.165, 1.54) is 149 Å². The number of benzene rings is 14. The molecule has 0 radical (unpaired) electrons. The first kappa shape index (κ1) is 69.6. The molecule has 102 heavy (non-hydrogen) atoms. The summed E-state index contributed by atoms with van der Waals surface area (Å²) in [5.41, 5.74) is 15.5. The molecule has 0 amide bonds. The van der Waals surface area contributed by atoms with Gasteiger partial charge in [-0.05, 0) is 120 Å². The van der Waals surface area contributed by atoms with Gasteiger partial charge in [0.1, 0.15) is 0 Å². The van der Waals surface area contributed by atoms with Crippen molar-refractivity contribution in [2.24, 2.45) is 0 Å². The van der Waals surface area contributed by atoms with Crippen molar-refractivity contribution in [3.8, 4) is 11.4 Å². The normalized spacial score (nSPS) is 12.3. The van der Waals surface area contributed by atoms with Crippen molar-refractivity contribution >= 4 is 144 Å². The van der Waals surface area contributed by atoms with Crippen molar-refractivity contribution in [3.63, 3.8) is 0 Å². The third-order valence-corrected chi connectivity index (χ3v) is 25.2. The Balaban J connectivity index is 0.000000109. The summed E-state index contributed by atoms with van der Waals surface area (Å²) < 4.78 is 10.9. The van der Waals surface area contributed by atoms with Crippen molar-refractivity contribution in [1.82, 2.24) is 9.13 Å². The third-order valence-electron chi connectivity index (χ3n) is 20.2.